The maximum atomic E-state index is 9.38. The lowest BCUT2D eigenvalue weighted by atomic mass is 10.3. The number of hydrogen-bond donors (Lipinski definition) is 2. The highest BCUT2D eigenvalue weighted by atomic mass is 127. The fraction of sp³-hybridized carbons (Fsp3) is 0.400. The first-order valence-corrected chi connectivity index (χ1v) is 5.46. The molecular weight excluding hydrogens is 293 g/mol. The maximum Gasteiger partial charge on any atom is 0.0945 e. The lowest BCUT2D eigenvalue weighted by Crippen LogP contribution is -2.24. The van der Waals surface area contributed by atoms with Crippen LogP contribution < -0.4 is 5.32 Å². The third kappa shape index (κ3) is 4.26. The molecule has 14 heavy (non-hydrogen) atoms. The lowest BCUT2D eigenvalue weighted by molar-refractivity contribution is 0.0727. The molecule has 0 aliphatic rings. The van der Waals surface area contributed by atoms with Gasteiger partial charge in [0.1, 0.15) is 0 Å². The van der Waals surface area contributed by atoms with Crippen LogP contribution in [0.4, 0.5) is 5.69 Å². The second kappa shape index (κ2) is 6.21. The molecule has 4 heteroatoms. The van der Waals surface area contributed by atoms with Crippen LogP contribution in [0.1, 0.15) is 0 Å². The van der Waals surface area contributed by atoms with Crippen molar-refractivity contribution in [3.05, 3.63) is 27.8 Å². The van der Waals surface area contributed by atoms with Crippen LogP contribution in [-0.4, -0.2) is 31.5 Å². The molecule has 0 saturated carbocycles. The Bertz CT molecular complexity index is 263. The van der Waals surface area contributed by atoms with Crippen LogP contribution in [0.5, 0.6) is 0 Å². The summed E-state index contributed by atoms with van der Waals surface area (Å²) in [5.74, 6) is 0. The van der Waals surface area contributed by atoms with E-state index in [4.69, 9.17) is 4.74 Å². The van der Waals surface area contributed by atoms with Crippen molar-refractivity contribution in [2.75, 3.05) is 25.6 Å². The summed E-state index contributed by atoms with van der Waals surface area (Å²) in [4.78, 5) is 0. The molecule has 0 aliphatic carbocycles. The Morgan fingerprint density at radius 1 is 1.43 bits per heavy atom. The normalized spacial score (nSPS) is 12.5. The minimum absolute atomic E-state index is 0.359. The molecule has 0 spiro atoms. The van der Waals surface area contributed by atoms with Gasteiger partial charge in [0.25, 0.3) is 0 Å². The van der Waals surface area contributed by atoms with Crippen molar-refractivity contribution in [1.82, 2.24) is 0 Å². The van der Waals surface area contributed by atoms with Crippen molar-refractivity contribution >= 4 is 28.3 Å². The Labute approximate surface area is 97.6 Å². The van der Waals surface area contributed by atoms with Gasteiger partial charge in [0.2, 0.25) is 0 Å². The number of nitrogens with one attached hydrogen (secondary N) is 1. The lowest BCUT2D eigenvalue weighted by Gasteiger charge is -2.11. The van der Waals surface area contributed by atoms with Crippen molar-refractivity contribution in [1.29, 1.82) is 0 Å². The number of halogens is 1. The molecule has 1 unspecified atom stereocenters. The topological polar surface area (TPSA) is 41.5 Å². The summed E-state index contributed by atoms with van der Waals surface area (Å²) in [7, 11) is 1.58. The number of anilines is 1. The summed E-state index contributed by atoms with van der Waals surface area (Å²) in [5.41, 5.74) is 1.01. The van der Waals surface area contributed by atoms with Crippen molar-refractivity contribution in [2.45, 2.75) is 6.10 Å². The zero-order valence-electron chi connectivity index (χ0n) is 8.03. The zero-order chi connectivity index (χ0) is 10.4. The van der Waals surface area contributed by atoms with Gasteiger partial charge in [-0.1, -0.05) is 0 Å². The van der Waals surface area contributed by atoms with Gasteiger partial charge in [-0.25, -0.2) is 0 Å². The third-order valence-electron chi connectivity index (χ3n) is 1.75. The van der Waals surface area contributed by atoms with Crippen LogP contribution in [0.2, 0.25) is 0 Å². The van der Waals surface area contributed by atoms with E-state index in [1.54, 1.807) is 7.11 Å². The summed E-state index contributed by atoms with van der Waals surface area (Å²) in [5, 5.41) is 12.5. The van der Waals surface area contributed by atoms with Gasteiger partial charge in [-0.2, -0.15) is 0 Å². The summed E-state index contributed by atoms with van der Waals surface area (Å²) in [6.45, 7) is 0.867. The van der Waals surface area contributed by atoms with E-state index in [1.165, 1.54) is 3.57 Å². The molecule has 0 fully saturated rings. The molecule has 1 aromatic carbocycles. The molecule has 1 aromatic rings. The third-order valence-corrected chi connectivity index (χ3v) is 2.46. The summed E-state index contributed by atoms with van der Waals surface area (Å²) in [6, 6.07) is 8.01. The Hall–Kier alpha value is -0.330. The molecule has 0 saturated heterocycles. The van der Waals surface area contributed by atoms with E-state index in [1.807, 2.05) is 24.3 Å². The van der Waals surface area contributed by atoms with Gasteiger partial charge in [0, 0.05) is 22.9 Å². The maximum absolute atomic E-state index is 9.38. The number of methoxy groups -OCH3 is 1. The fourth-order valence-electron chi connectivity index (χ4n) is 1.05. The van der Waals surface area contributed by atoms with Crippen molar-refractivity contribution in [3.63, 3.8) is 0 Å². The minimum Gasteiger partial charge on any atom is -0.389 e. The molecule has 3 nitrogen and oxygen atoms in total. The summed E-state index contributed by atoms with van der Waals surface area (Å²) >= 11 is 2.25. The Kier molecular flexibility index (Phi) is 5.21. The second-order valence-corrected chi connectivity index (χ2v) is 4.24. The molecular formula is C10H14INO2. The number of aliphatic hydroxyl groups is 1. The fourth-order valence-corrected chi connectivity index (χ4v) is 1.41. The Morgan fingerprint density at radius 2 is 2.07 bits per heavy atom. The van der Waals surface area contributed by atoms with Gasteiger partial charge < -0.3 is 15.2 Å². The highest BCUT2D eigenvalue weighted by molar-refractivity contribution is 14.1. The van der Waals surface area contributed by atoms with E-state index in [0.717, 1.165) is 5.69 Å². The SMILES string of the molecule is COCC(O)CNc1ccc(I)cc1. The molecule has 0 aromatic heterocycles. The Balaban J connectivity index is 2.34. The van der Waals surface area contributed by atoms with Gasteiger partial charge >= 0.3 is 0 Å². The van der Waals surface area contributed by atoms with E-state index in [0.29, 0.717) is 13.2 Å². The van der Waals surface area contributed by atoms with Crippen LogP contribution in [0.3, 0.4) is 0 Å². The minimum atomic E-state index is -0.459. The van der Waals surface area contributed by atoms with E-state index < -0.39 is 6.10 Å². The predicted molar refractivity (Wildman–Crippen MR) is 65.5 cm³/mol. The molecule has 2 N–H and O–H groups in total. The average Bonchev–Trinajstić information content (AvgIpc) is 2.17. The number of rotatable bonds is 5. The van der Waals surface area contributed by atoms with Gasteiger partial charge in [-0.3, -0.25) is 0 Å². The largest absolute Gasteiger partial charge is 0.389 e. The summed E-state index contributed by atoms with van der Waals surface area (Å²) < 4.78 is 6.02. The molecule has 0 bridgehead atoms. The van der Waals surface area contributed by atoms with Gasteiger partial charge in [-0.15, -0.1) is 0 Å². The quantitative estimate of drug-likeness (QED) is 0.814. The second-order valence-electron chi connectivity index (χ2n) is 3.00. The van der Waals surface area contributed by atoms with Crippen molar-refractivity contribution in [3.8, 4) is 0 Å². The molecule has 1 atom stereocenters. The first-order valence-electron chi connectivity index (χ1n) is 4.39. The van der Waals surface area contributed by atoms with Crippen LogP contribution >= 0.6 is 22.6 Å². The van der Waals surface area contributed by atoms with E-state index in [-0.39, 0.29) is 0 Å². The smallest absolute Gasteiger partial charge is 0.0945 e. The molecule has 0 amide bonds. The van der Waals surface area contributed by atoms with E-state index in [2.05, 4.69) is 27.9 Å². The molecule has 0 heterocycles. The van der Waals surface area contributed by atoms with Crippen molar-refractivity contribution in [2.24, 2.45) is 0 Å². The number of ether oxygens (including phenoxy) is 1. The highest BCUT2D eigenvalue weighted by Crippen LogP contribution is 2.10. The average molecular weight is 307 g/mol. The van der Waals surface area contributed by atoms with E-state index in [9.17, 15) is 5.11 Å². The van der Waals surface area contributed by atoms with Crippen LogP contribution in [0.15, 0.2) is 24.3 Å². The highest BCUT2D eigenvalue weighted by Gasteiger charge is 2.01. The first kappa shape index (κ1) is 11.7. The van der Waals surface area contributed by atoms with Gasteiger partial charge in [-0.05, 0) is 46.9 Å². The number of hydrogen-bond acceptors (Lipinski definition) is 3. The first-order chi connectivity index (χ1) is 6.72. The van der Waals surface area contributed by atoms with E-state index >= 15 is 0 Å². The standard InChI is InChI=1S/C10H14INO2/c1-14-7-10(13)6-12-9-4-2-8(11)3-5-9/h2-5,10,12-13H,6-7H2,1H3. The summed E-state index contributed by atoms with van der Waals surface area (Å²) in [6.07, 6.45) is -0.459. The molecule has 1 rings (SSSR count). The predicted octanol–water partition coefficient (Wildman–Crippen LogP) is 1.71. The van der Waals surface area contributed by atoms with Crippen LogP contribution in [-0.2, 0) is 4.74 Å². The number of aliphatic hydroxyl groups excluding tert-OH is 1. The molecule has 0 radical (unpaired) electrons. The van der Waals surface area contributed by atoms with Gasteiger partial charge in [0.05, 0.1) is 12.7 Å². The molecule has 78 valence electrons. The van der Waals surface area contributed by atoms with Crippen LogP contribution in [0.25, 0.3) is 0 Å². The monoisotopic (exact) mass is 307 g/mol. The Morgan fingerprint density at radius 3 is 2.64 bits per heavy atom. The molecule has 0 aliphatic heterocycles. The number of benzene rings is 1. The van der Waals surface area contributed by atoms with Crippen LogP contribution in [0, 0.1) is 3.57 Å². The zero-order valence-corrected chi connectivity index (χ0v) is 10.2. The van der Waals surface area contributed by atoms with Crippen molar-refractivity contribution < 1.29 is 9.84 Å². The van der Waals surface area contributed by atoms with Gasteiger partial charge in [0.15, 0.2) is 0 Å².